The minimum Gasteiger partial charge on any atom is -0.348 e. The Hall–Kier alpha value is -2.05. The van der Waals surface area contributed by atoms with Gasteiger partial charge in [0.25, 0.3) is 0 Å². The van der Waals surface area contributed by atoms with Gasteiger partial charge in [0, 0.05) is 0 Å². The number of nitrogens with one attached hydrogen (secondary N) is 1. The molecule has 5 nitrogen and oxygen atoms in total. The molecule has 2 aromatic carbocycles. The Bertz CT molecular complexity index is 975. The summed E-state index contributed by atoms with van der Waals surface area (Å²) in [6.45, 7) is 1.58. The van der Waals surface area contributed by atoms with E-state index in [2.05, 4.69) is 17.4 Å². The first kappa shape index (κ1) is 20.7. The van der Waals surface area contributed by atoms with Crippen LogP contribution in [0.4, 0.5) is 5.69 Å². The molecular formula is C21H25ClN2O3S. The van der Waals surface area contributed by atoms with Gasteiger partial charge in [0.2, 0.25) is 15.9 Å². The van der Waals surface area contributed by atoms with Crippen LogP contribution in [0.15, 0.2) is 42.5 Å². The van der Waals surface area contributed by atoms with Crippen LogP contribution in [-0.4, -0.2) is 27.1 Å². The number of para-hydroxylation sites is 1. The summed E-state index contributed by atoms with van der Waals surface area (Å²) in [5.74, 6) is -0.379. The lowest BCUT2D eigenvalue weighted by Crippen LogP contribution is -2.41. The third-order valence-electron chi connectivity index (χ3n) is 5.06. The molecule has 0 bridgehead atoms. The van der Waals surface area contributed by atoms with Gasteiger partial charge >= 0.3 is 0 Å². The summed E-state index contributed by atoms with van der Waals surface area (Å²) in [5.41, 5.74) is 4.05. The van der Waals surface area contributed by atoms with Gasteiger partial charge in [0.1, 0.15) is 6.54 Å². The van der Waals surface area contributed by atoms with E-state index in [1.807, 2.05) is 13.0 Å². The Labute approximate surface area is 171 Å². The number of anilines is 1. The molecule has 0 aromatic heterocycles. The van der Waals surface area contributed by atoms with Crippen LogP contribution in [0, 0.1) is 0 Å². The van der Waals surface area contributed by atoms with Crippen LogP contribution in [0.3, 0.4) is 0 Å². The van der Waals surface area contributed by atoms with E-state index in [0.29, 0.717) is 5.69 Å². The highest BCUT2D eigenvalue weighted by molar-refractivity contribution is 7.92. The van der Waals surface area contributed by atoms with E-state index < -0.39 is 10.0 Å². The maximum Gasteiger partial charge on any atom is 0.241 e. The van der Waals surface area contributed by atoms with Crippen LogP contribution in [0.25, 0.3) is 0 Å². The second-order valence-electron chi connectivity index (χ2n) is 7.25. The minimum atomic E-state index is -3.66. The van der Waals surface area contributed by atoms with Gasteiger partial charge < -0.3 is 5.32 Å². The standard InChI is InChI=1S/C21H25ClN2O3S/c1-15(17-12-11-16-7-3-4-8-18(16)13-17)23-21(25)14-24(28(2,26)27)20-10-6-5-9-19(20)22/h5-6,9-13,15H,3-4,7-8,14H2,1-2H3,(H,23,25)/t15-/m1/s1. The second-order valence-corrected chi connectivity index (χ2v) is 9.56. The number of nitrogens with zero attached hydrogens (tertiary/aromatic N) is 1. The molecule has 0 fully saturated rings. The van der Waals surface area contributed by atoms with Crippen LogP contribution >= 0.6 is 11.6 Å². The lowest BCUT2D eigenvalue weighted by molar-refractivity contribution is -0.120. The van der Waals surface area contributed by atoms with E-state index in [1.165, 1.54) is 24.0 Å². The van der Waals surface area contributed by atoms with E-state index in [9.17, 15) is 13.2 Å². The number of carbonyl (C=O) groups excluding carboxylic acids is 1. The van der Waals surface area contributed by atoms with Gasteiger partial charge in [-0.25, -0.2) is 8.42 Å². The Balaban J connectivity index is 1.73. The highest BCUT2D eigenvalue weighted by Gasteiger charge is 2.24. The zero-order valence-corrected chi connectivity index (χ0v) is 17.7. The van der Waals surface area contributed by atoms with Gasteiger partial charge in [0.15, 0.2) is 0 Å². The normalized spacial score (nSPS) is 14.8. The van der Waals surface area contributed by atoms with Crippen LogP contribution in [-0.2, 0) is 27.7 Å². The molecule has 1 amide bonds. The Morgan fingerprint density at radius 3 is 2.50 bits per heavy atom. The lowest BCUT2D eigenvalue weighted by Gasteiger charge is -2.24. The maximum atomic E-state index is 12.6. The van der Waals surface area contributed by atoms with Crippen molar-refractivity contribution in [3.8, 4) is 0 Å². The summed E-state index contributed by atoms with van der Waals surface area (Å²) in [5, 5.41) is 3.19. The van der Waals surface area contributed by atoms with Gasteiger partial charge in [-0.15, -0.1) is 0 Å². The number of halogens is 1. The summed E-state index contributed by atoms with van der Waals surface area (Å²) in [6.07, 6.45) is 5.66. The van der Waals surface area contributed by atoms with Crippen molar-refractivity contribution < 1.29 is 13.2 Å². The molecule has 1 N–H and O–H groups in total. The first-order chi connectivity index (χ1) is 13.3. The molecule has 0 spiro atoms. The van der Waals surface area contributed by atoms with E-state index in [4.69, 9.17) is 11.6 Å². The molecule has 0 saturated carbocycles. The number of hydrogen-bond donors (Lipinski definition) is 1. The van der Waals surface area contributed by atoms with Crippen LogP contribution in [0.5, 0.6) is 0 Å². The van der Waals surface area contributed by atoms with Crippen molar-refractivity contribution in [1.82, 2.24) is 5.32 Å². The first-order valence-electron chi connectivity index (χ1n) is 9.39. The van der Waals surface area contributed by atoms with Crippen LogP contribution in [0.1, 0.15) is 42.5 Å². The van der Waals surface area contributed by atoms with E-state index >= 15 is 0 Å². The zero-order chi connectivity index (χ0) is 20.3. The molecule has 0 radical (unpaired) electrons. The molecule has 0 saturated heterocycles. The minimum absolute atomic E-state index is 0.215. The molecule has 150 valence electrons. The molecule has 1 aliphatic carbocycles. The van der Waals surface area contributed by atoms with Gasteiger partial charge in [0.05, 0.1) is 23.0 Å². The lowest BCUT2D eigenvalue weighted by atomic mass is 9.89. The highest BCUT2D eigenvalue weighted by atomic mass is 35.5. The Kier molecular flexibility index (Phi) is 6.30. The predicted molar refractivity (Wildman–Crippen MR) is 113 cm³/mol. The summed E-state index contributed by atoms with van der Waals surface area (Å²) in [6, 6.07) is 12.7. The van der Waals surface area contributed by atoms with Crippen molar-refractivity contribution in [2.24, 2.45) is 0 Å². The number of hydrogen-bond acceptors (Lipinski definition) is 3. The van der Waals surface area contributed by atoms with Gasteiger partial charge in [-0.1, -0.05) is 41.9 Å². The quantitative estimate of drug-likeness (QED) is 0.771. The number of sulfonamides is 1. The van der Waals surface area contributed by atoms with Crippen molar-refractivity contribution in [3.05, 3.63) is 64.2 Å². The van der Waals surface area contributed by atoms with Gasteiger partial charge in [-0.05, 0) is 61.4 Å². The summed E-state index contributed by atoms with van der Waals surface area (Å²) >= 11 is 6.14. The monoisotopic (exact) mass is 420 g/mol. The Morgan fingerprint density at radius 1 is 1.14 bits per heavy atom. The van der Waals surface area contributed by atoms with Crippen LogP contribution < -0.4 is 9.62 Å². The van der Waals surface area contributed by atoms with Crippen LogP contribution in [0.2, 0.25) is 5.02 Å². The topological polar surface area (TPSA) is 66.5 Å². The van der Waals surface area contributed by atoms with E-state index in [1.54, 1.807) is 24.3 Å². The molecule has 0 aliphatic heterocycles. The number of carbonyl (C=O) groups is 1. The fraction of sp³-hybridized carbons (Fsp3) is 0.381. The maximum absolute atomic E-state index is 12.6. The van der Waals surface area contributed by atoms with E-state index in [0.717, 1.165) is 29.0 Å². The Morgan fingerprint density at radius 2 is 1.82 bits per heavy atom. The smallest absolute Gasteiger partial charge is 0.241 e. The molecule has 1 aliphatic rings. The number of aryl methyl sites for hydroxylation is 2. The molecule has 28 heavy (non-hydrogen) atoms. The van der Waals surface area contributed by atoms with Crippen molar-refractivity contribution in [3.63, 3.8) is 0 Å². The molecule has 3 rings (SSSR count). The first-order valence-corrected chi connectivity index (χ1v) is 11.6. The number of amides is 1. The van der Waals surface area contributed by atoms with Crippen molar-refractivity contribution in [2.75, 3.05) is 17.1 Å². The third kappa shape index (κ3) is 4.86. The fourth-order valence-corrected chi connectivity index (χ4v) is 4.71. The number of rotatable bonds is 6. The molecular weight excluding hydrogens is 396 g/mol. The summed E-state index contributed by atoms with van der Waals surface area (Å²) < 4.78 is 25.5. The molecule has 1 atom stereocenters. The molecule has 2 aromatic rings. The second kappa shape index (κ2) is 8.53. The fourth-order valence-electron chi connectivity index (χ4n) is 3.56. The number of fused-ring (bicyclic) bond motifs is 1. The zero-order valence-electron chi connectivity index (χ0n) is 16.1. The predicted octanol–water partition coefficient (Wildman–Crippen LogP) is 3.86. The molecule has 7 heteroatoms. The highest BCUT2D eigenvalue weighted by Crippen LogP contribution is 2.27. The van der Waals surface area contributed by atoms with Gasteiger partial charge in [-0.2, -0.15) is 0 Å². The summed E-state index contributed by atoms with van der Waals surface area (Å²) in [4.78, 5) is 12.6. The molecule has 0 unspecified atom stereocenters. The van der Waals surface area contributed by atoms with E-state index in [-0.39, 0.29) is 23.5 Å². The van der Waals surface area contributed by atoms with Crippen molar-refractivity contribution in [1.29, 1.82) is 0 Å². The summed E-state index contributed by atoms with van der Waals surface area (Å²) in [7, 11) is -3.66. The van der Waals surface area contributed by atoms with Gasteiger partial charge in [-0.3, -0.25) is 9.10 Å². The largest absolute Gasteiger partial charge is 0.348 e. The number of benzene rings is 2. The molecule has 0 heterocycles. The van der Waals surface area contributed by atoms with Crippen molar-refractivity contribution in [2.45, 2.75) is 38.6 Å². The average Bonchev–Trinajstić information content (AvgIpc) is 2.65. The average molecular weight is 421 g/mol. The third-order valence-corrected chi connectivity index (χ3v) is 6.50. The van der Waals surface area contributed by atoms with Crippen molar-refractivity contribution >= 4 is 33.2 Å². The SMILES string of the molecule is C[C@@H](NC(=O)CN(c1ccccc1Cl)S(C)(=O)=O)c1ccc2c(c1)CCCC2.